The first kappa shape index (κ1) is 34.3. The molecule has 238 valence electrons. The van der Waals surface area contributed by atoms with E-state index in [0.29, 0.717) is 19.6 Å². The quantitative estimate of drug-likeness (QED) is 0.179. The number of carboxylic acid groups (broad SMARTS) is 1. The van der Waals surface area contributed by atoms with Gasteiger partial charge in [0, 0.05) is 23.2 Å². The highest BCUT2D eigenvalue weighted by Crippen LogP contribution is 2.50. The van der Waals surface area contributed by atoms with E-state index in [1.54, 1.807) is 10.4 Å². The molecule has 1 fully saturated rings. The molecule has 0 radical (unpaired) electrons. The summed E-state index contributed by atoms with van der Waals surface area (Å²) >= 11 is 0. The molecule has 1 aliphatic rings. The third-order valence-corrected chi connectivity index (χ3v) is 7.34. The molecule has 2 amide bonds. The Morgan fingerprint density at radius 1 is 1.09 bits per heavy atom. The van der Waals surface area contributed by atoms with Gasteiger partial charge < -0.3 is 14.7 Å². The first-order valence-corrected chi connectivity index (χ1v) is 14.4. The summed E-state index contributed by atoms with van der Waals surface area (Å²) in [6.07, 6.45) is -2.39. The Labute approximate surface area is 254 Å². The number of hydroxylamine groups is 1. The van der Waals surface area contributed by atoms with Gasteiger partial charge in [0.1, 0.15) is 18.4 Å². The van der Waals surface area contributed by atoms with Crippen LogP contribution in [0.5, 0.6) is 5.75 Å². The number of nitrogens with zero attached hydrogens (tertiary/aromatic N) is 2. The van der Waals surface area contributed by atoms with E-state index in [-0.39, 0.29) is 11.8 Å². The second kappa shape index (κ2) is 14.5. The first-order valence-electron chi connectivity index (χ1n) is 14.4. The van der Waals surface area contributed by atoms with Crippen LogP contribution in [0.3, 0.4) is 0 Å². The number of aliphatic carboxylic acids is 1. The number of ether oxygens (including phenoxy) is 1. The third-order valence-electron chi connectivity index (χ3n) is 7.34. The zero-order chi connectivity index (χ0) is 32.7. The Morgan fingerprint density at radius 3 is 2.23 bits per heavy atom. The molecule has 0 spiro atoms. The van der Waals surface area contributed by atoms with Crippen molar-refractivity contribution in [3.8, 4) is 5.75 Å². The number of hydrogen-bond donors (Lipinski definition) is 3. The summed E-state index contributed by atoms with van der Waals surface area (Å²) in [5.74, 6) is -2.41. The lowest BCUT2D eigenvalue weighted by atomic mass is 9.92. The summed E-state index contributed by atoms with van der Waals surface area (Å²) in [5.41, 5.74) is 5.06. The lowest BCUT2D eigenvalue weighted by Gasteiger charge is -2.34. The van der Waals surface area contributed by atoms with Gasteiger partial charge in [-0.05, 0) is 68.4 Å². The van der Waals surface area contributed by atoms with E-state index < -0.39 is 29.5 Å². The van der Waals surface area contributed by atoms with Crippen LogP contribution < -0.4 is 10.2 Å². The van der Waals surface area contributed by atoms with E-state index in [0.717, 1.165) is 52.7 Å². The van der Waals surface area contributed by atoms with Gasteiger partial charge in [0.2, 0.25) is 5.91 Å². The van der Waals surface area contributed by atoms with Crippen molar-refractivity contribution >= 4 is 28.7 Å². The largest absolute Gasteiger partial charge is 0.490 e. The van der Waals surface area contributed by atoms with Crippen LogP contribution in [0, 0.1) is 12.8 Å². The normalized spacial score (nSPS) is 14.3. The molecule has 4 rings (SSSR count). The maximum atomic E-state index is 13.8. The predicted molar refractivity (Wildman–Crippen MR) is 157 cm³/mol. The van der Waals surface area contributed by atoms with Gasteiger partial charge in [-0.1, -0.05) is 51.1 Å². The summed E-state index contributed by atoms with van der Waals surface area (Å²) in [6.45, 7) is 8.87. The molecule has 1 aliphatic carbocycles. The molecule has 3 aromatic rings. The average Bonchev–Trinajstić information content (AvgIpc) is 3.79. The highest BCUT2D eigenvalue weighted by Gasteiger charge is 2.54. The summed E-state index contributed by atoms with van der Waals surface area (Å²) in [7, 11) is 0. The summed E-state index contributed by atoms with van der Waals surface area (Å²) < 4.78 is 37.9. The summed E-state index contributed by atoms with van der Waals surface area (Å²) in [5, 5.41) is 17.5. The van der Waals surface area contributed by atoms with Crippen molar-refractivity contribution in [2.24, 2.45) is 5.92 Å². The zero-order valence-electron chi connectivity index (χ0n) is 25.1. The van der Waals surface area contributed by atoms with Crippen molar-refractivity contribution in [3.63, 3.8) is 0 Å². The van der Waals surface area contributed by atoms with E-state index in [9.17, 15) is 28.0 Å². The average molecular weight is 618 g/mol. The number of aryl methyl sites for hydroxylation is 1. The minimum absolute atomic E-state index is 0.0454. The molecular weight excluding hydrogens is 579 g/mol. The zero-order valence-corrected chi connectivity index (χ0v) is 25.1. The second-order valence-electron chi connectivity index (χ2n) is 11.3. The number of benzene rings is 2. The predicted octanol–water partition coefficient (Wildman–Crippen LogP) is 5.95. The maximum Gasteiger partial charge on any atom is 0.490 e. The molecule has 0 bridgehead atoms. The van der Waals surface area contributed by atoms with Crippen LogP contribution in [0.25, 0.3) is 10.9 Å². The van der Waals surface area contributed by atoms with Crippen LogP contribution in [-0.2, 0) is 26.4 Å². The molecule has 44 heavy (non-hydrogen) atoms. The number of amides is 2. The lowest BCUT2D eigenvalue weighted by molar-refractivity contribution is -0.192. The topological polar surface area (TPSA) is 129 Å². The Morgan fingerprint density at radius 2 is 1.70 bits per heavy atom. The SMILES string of the molecule is CCCN(C(=O)C1(c2ccc(OCc3cc(C)nc4ccccc34)cc2)CC1)[C@@H](CC(C)C)C(=O)NO.O=C(O)C(F)(F)F. The van der Waals surface area contributed by atoms with Crippen molar-refractivity contribution in [1.82, 2.24) is 15.4 Å². The van der Waals surface area contributed by atoms with Crippen molar-refractivity contribution in [2.45, 2.75) is 77.6 Å². The molecule has 1 saturated carbocycles. The van der Waals surface area contributed by atoms with Crippen molar-refractivity contribution < 1.29 is 42.6 Å². The summed E-state index contributed by atoms with van der Waals surface area (Å²) in [4.78, 5) is 41.5. The number of fused-ring (bicyclic) bond motifs is 1. The monoisotopic (exact) mass is 617 g/mol. The number of hydrogen-bond acceptors (Lipinski definition) is 6. The first-order chi connectivity index (χ1) is 20.7. The fraction of sp³-hybridized carbons (Fsp3) is 0.438. The number of rotatable bonds is 11. The number of alkyl halides is 3. The minimum atomic E-state index is -5.08. The molecule has 2 aromatic carbocycles. The number of carboxylic acids is 1. The van der Waals surface area contributed by atoms with E-state index in [4.69, 9.17) is 14.6 Å². The Kier molecular flexibility index (Phi) is 11.3. The van der Waals surface area contributed by atoms with Crippen LogP contribution in [-0.4, -0.2) is 56.7 Å². The number of para-hydroxylation sites is 1. The molecule has 9 nitrogen and oxygen atoms in total. The van der Waals surface area contributed by atoms with Gasteiger partial charge in [-0.2, -0.15) is 13.2 Å². The number of aromatic nitrogens is 1. The van der Waals surface area contributed by atoms with Crippen LogP contribution in [0.2, 0.25) is 0 Å². The molecule has 3 N–H and O–H groups in total. The molecule has 1 heterocycles. The smallest absolute Gasteiger partial charge is 0.489 e. The number of pyridine rings is 1. The van der Waals surface area contributed by atoms with Crippen LogP contribution >= 0.6 is 0 Å². The van der Waals surface area contributed by atoms with Crippen molar-refractivity contribution in [1.29, 1.82) is 0 Å². The fourth-order valence-electron chi connectivity index (χ4n) is 5.11. The van der Waals surface area contributed by atoms with Crippen LogP contribution in [0.1, 0.15) is 63.3 Å². The third kappa shape index (κ3) is 8.46. The standard InChI is InChI=1S/C30H37N3O4.C2HF3O2/c1-5-16-33(27(17-20(2)3)28(34)32-36)29(35)30(14-15-30)23-10-12-24(13-11-23)37-19-22-18-21(4)31-26-9-7-6-8-25(22)26;3-2(4,5)1(6)7/h6-13,18,20,27,36H,5,14-17,19H2,1-4H3,(H,32,34);(H,6,7)/t27-;/m0./s1. The van der Waals surface area contributed by atoms with E-state index in [1.165, 1.54) is 0 Å². The van der Waals surface area contributed by atoms with Crippen LogP contribution in [0.4, 0.5) is 13.2 Å². The fourth-order valence-corrected chi connectivity index (χ4v) is 5.11. The van der Waals surface area contributed by atoms with Gasteiger partial charge >= 0.3 is 12.1 Å². The Balaban J connectivity index is 0.000000676. The van der Waals surface area contributed by atoms with E-state index in [2.05, 4.69) is 11.1 Å². The number of nitrogens with one attached hydrogen (secondary N) is 1. The van der Waals surface area contributed by atoms with Gasteiger partial charge in [-0.3, -0.25) is 19.8 Å². The van der Waals surface area contributed by atoms with Crippen molar-refractivity contribution in [2.75, 3.05) is 6.54 Å². The molecule has 0 saturated heterocycles. The summed E-state index contributed by atoms with van der Waals surface area (Å²) in [6, 6.07) is 17.1. The Hall–Kier alpha value is -4.19. The highest BCUT2D eigenvalue weighted by atomic mass is 19.4. The molecule has 1 atom stereocenters. The van der Waals surface area contributed by atoms with Crippen LogP contribution in [0.15, 0.2) is 54.6 Å². The highest BCUT2D eigenvalue weighted by molar-refractivity contribution is 5.95. The van der Waals surface area contributed by atoms with Gasteiger partial charge in [0.25, 0.3) is 5.91 Å². The van der Waals surface area contributed by atoms with E-state index >= 15 is 0 Å². The molecular formula is C32H38F3N3O6. The van der Waals surface area contributed by atoms with Gasteiger partial charge in [-0.25, -0.2) is 10.3 Å². The Bertz CT molecular complexity index is 1460. The van der Waals surface area contributed by atoms with E-state index in [1.807, 2.05) is 76.2 Å². The minimum Gasteiger partial charge on any atom is -0.489 e. The molecule has 12 heteroatoms. The molecule has 0 unspecified atom stereocenters. The van der Waals surface area contributed by atoms with Gasteiger partial charge in [-0.15, -0.1) is 0 Å². The number of halogens is 3. The van der Waals surface area contributed by atoms with Gasteiger partial charge in [0.05, 0.1) is 10.9 Å². The molecule has 1 aromatic heterocycles. The molecule has 0 aliphatic heterocycles. The van der Waals surface area contributed by atoms with Crippen molar-refractivity contribution in [3.05, 3.63) is 71.4 Å². The maximum absolute atomic E-state index is 13.8. The second-order valence-corrected chi connectivity index (χ2v) is 11.3. The number of carbonyl (C=O) groups excluding carboxylic acids is 2. The number of carbonyl (C=O) groups is 3. The van der Waals surface area contributed by atoms with Gasteiger partial charge in [0.15, 0.2) is 0 Å². The lowest BCUT2D eigenvalue weighted by Crippen LogP contribution is -2.52.